The number of guanidine groups is 1. The number of aliphatic imine (C=N–C) groups is 1. The van der Waals surface area contributed by atoms with Crippen molar-refractivity contribution in [3.63, 3.8) is 0 Å². The highest BCUT2D eigenvalue weighted by molar-refractivity contribution is 14.0. The molecule has 5 nitrogen and oxygen atoms in total. The van der Waals surface area contributed by atoms with Gasteiger partial charge in [0.25, 0.3) is 0 Å². The van der Waals surface area contributed by atoms with Crippen molar-refractivity contribution in [2.24, 2.45) is 10.4 Å². The maximum Gasteiger partial charge on any atom is 0.191 e. The minimum absolute atomic E-state index is 0. The molecule has 0 aliphatic heterocycles. The van der Waals surface area contributed by atoms with Gasteiger partial charge in [-0.05, 0) is 57.8 Å². The molecule has 2 fully saturated rings. The molecular weight excluding hydrogens is 417 g/mol. The molecule has 2 saturated carbocycles. The largest absolute Gasteiger partial charge is 0.388 e. The maximum absolute atomic E-state index is 10.2. The van der Waals surface area contributed by atoms with Crippen LogP contribution in [0.15, 0.2) is 4.99 Å². The predicted molar refractivity (Wildman–Crippen MR) is 110 cm³/mol. The number of nitrogens with zero attached hydrogens (tertiary/aromatic N) is 1. The average molecular weight is 453 g/mol. The van der Waals surface area contributed by atoms with Gasteiger partial charge in [-0.25, -0.2) is 0 Å². The third-order valence-electron chi connectivity index (χ3n) is 5.43. The highest BCUT2D eigenvalue weighted by Gasteiger charge is 2.35. The number of hydrogen-bond donors (Lipinski definition) is 3. The molecule has 0 aromatic carbocycles. The zero-order valence-electron chi connectivity index (χ0n) is 15.4. The summed E-state index contributed by atoms with van der Waals surface area (Å²) in [5.74, 6) is 0.843. The topological polar surface area (TPSA) is 65.9 Å². The smallest absolute Gasteiger partial charge is 0.191 e. The molecule has 24 heavy (non-hydrogen) atoms. The highest BCUT2D eigenvalue weighted by atomic mass is 127. The van der Waals surface area contributed by atoms with Crippen molar-refractivity contribution in [1.29, 1.82) is 0 Å². The Balaban J connectivity index is 0.00000288. The number of halogens is 1. The van der Waals surface area contributed by atoms with Gasteiger partial charge in [-0.15, -0.1) is 24.0 Å². The van der Waals surface area contributed by atoms with Crippen LogP contribution in [0.1, 0.15) is 65.2 Å². The molecule has 3 N–H and O–H groups in total. The zero-order valence-corrected chi connectivity index (χ0v) is 17.7. The second-order valence-electron chi connectivity index (χ2n) is 7.28. The van der Waals surface area contributed by atoms with Crippen molar-refractivity contribution in [3.05, 3.63) is 0 Å². The minimum Gasteiger partial charge on any atom is -0.388 e. The number of ether oxygens (including phenoxy) is 1. The molecule has 142 valence electrons. The Labute approximate surface area is 164 Å². The van der Waals surface area contributed by atoms with Crippen LogP contribution in [-0.2, 0) is 4.74 Å². The van der Waals surface area contributed by atoms with Crippen LogP contribution in [0.5, 0.6) is 0 Å². The van der Waals surface area contributed by atoms with Crippen molar-refractivity contribution in [2.45, 2.75) is 70.8 Å². The molecule has 0 saturated heterocycles. The fourth-order valence-electron chi connectivity index (χ4n) is 3.64. The van der Waals surface area contributed by atoms with E-state index in [4.69, 9.17) is 9.73 Å². The van der Waals surface area contributed by atoms with Gasteiger partial charge in [-0.3, -0.25) is 4.99 Å². The van der Waals surface area contributed by atoms with Gasteiger partial charge < -0.3 is 20.5 Å². The van der Waals surface area contributed by atoms with Gasteiger partial charge in [-0.1, -0.05) is 12.8 Å². The SMILES string of the molecule is CCNC(=NCC1(CCOCC)CCCC1)NCC1(O)CCC1.I. The molecule has 2 aliphatic carbocycles. The van der Waals surface area contributed by atoms with Crippen molar-refractivity contribution in [3.8, 4) is 0 Å². The maximum atomic E-state index is 10.2. The lowest BCUT2D eigenvalue weighted by Crippen LogP contribution is -2.50. The molecular formula is C18H36IN3O2. The van der Waals surface area contributed by atoms with E-state index in [0.717, 1.165) is 57.9 Å². The van der Waals surface area contributed by atoms with Gasteiger partial charge in [0.05, 0.1) is 5.60 Å². The van der Waals surface area contributed by atoms with E-state index in [2.05, 4.69) is 24.5 Å². The fourth-order valence-corrected chi connectivity index (χ4v) is 3.64. The van der Waals surface area contributed by atoms with E-state index in [0.29, 0.717) is 12.0 Å². The Hall–Kier alpha value is -0.0800. The monoisotopic (exact) mass is 453 g/mol. The molecule has 0 atom stereocenters. The number of hydrogen-bond acceptors (Lipinski definition) is 3. The lowest BCUT2D eigenvalue weighted by Gasteiger charge is -2.37. The molecule has 0 heterocycles. The van der Waals surface area contributed by atoms with Crippen LogP contribution in [0.4, 0.5) is 0 Å². The summed E-state index contributed by atoms with van der Waals surface area (Å²) in [5, 5.41) is 16.9. The normalized spacial score (nSPS) is 21.7. The average Bonchev–Trinajstić information content (AvgIpc) is 2.98. The van der Waals surface area contributed by atoms with Gasteiger partial charge in [0.15, 0.2) is 5.96 Å². The Morgan fingerprint density at radius 1 is 1.08 bits per heavy atom. The van der Waals surface area contributed by atoms with Gasteiger partial charge in [0.2, 0.25) is 0 Å². The first kappa shape index (κ1) is 22.0. The van der Waals surface area contributed by atoms with Crippen molar-refractivity contribution in [1.82, 2.24) is 10.6 Å². The number of rotatable bonds is 9. The summed E-state index contributed by atoms with van der Waals surface area (Å²) in [7, 11) is 0. The summed E-state index contributed by atoms with van der Waals surface area (Å²) < 4.78 is 5.58. The third-order valence-corrected chi connectivity index (χ3v) is 5.43. The Morgan fingerprint density at radius 2 is 1.79 bits per heavy atom. The second kappa shape index (κ2) is 10.8. The first-order valence-corrected chi connectivity index (χ1v) is 9.44. The molecule has 6 heteroatoms. The van der Waals surface area contributed by atoms with Gasteiger partial charge >= 0.3 is 0 Å². The second-order valence-corrected chi connectivity index (χ2v) is 7.28. The first-order valence-electron chi connectivity index (χ1n) is 9.44. The van der Waals surface area contributed by atoms with Crippen LogP contribution in [0.25, 0.3) is 0 Å². The van der Waals surface area contributed by atoms with Crippen LogP contribution < -0.4 is 10.6 Å². The summed E-state index contributed by atoms with van der Waals surface area (Å²) in [6.45, 7) is 8.07. The van der Waals surface area contributed by atoms with Crippen molar-refractivity contribution < 1.29 is 9.84 Å². The van der Waals surface area contributed by atoms with Crippen molar-refractivity contribution in [2.75, 3.05) is 32.8 Å². The fraction of sp³-hybridized carbons (Fsp3) is 0.944. The molecule has 0 spiro atoms. The predicted octanol–water partition coefficient (Wildman–Crippen LogP) is 3.06. The Kier molecular flexibility index (Phi) is 9.89. The van der Waals surface area contributed by atoms with Crippen LogP contribution in [0.2, 0.25) is 0 Å². The van der Waals surface area contributed by atoms with E-state index >= 15 is 0 Å². The highest BCUT2D eigenvalue weighted by Crippen LogP contribution is 2.41. The Bertz CT molecular complexity index is 380. The van der Waals surface area contributed by atoms with E-state index in [1.165, 1.54) is 25.7 Å². The number of aliphatic hydroxyl groups is 1. The lowest BCUT2D eigenvalue weighted by atomic mass is 9.80. The third kappa shape index (κ3) is 6.67. The molecule has 0 aromatic rings. The van der Waals surface area contributed by atoms with E-state index in [-0.39, 0.29) is 24.0 Å². The van der Waals surface area contributed by atoms with Gasteiger partial charge in [0.1, 0.15) is 0 Å². The van der Waals surface area contributed by atoms with Gasteiger partial charge in [0, 0.05) is 32.8 Å². The summed E-state index contributed by atoms with van der Waals surface area (Å²) in [6.07, 6.45) is 9.17. The van der Waals surface area contributed by atoms with E-state index < -0.39 is 5.60 Å². The minimum atomic E-state index is -0.518. The van der Waals surface area contributed by atoms with Gasteiger partial charge in [-0.2, -0.15) is 0 Å². The molecule has 0 bridgehead atoms. The summed E-state index contributed by atoms with van der Waals surface area (Å²) in [6, 6.07) is 0. The molecule has 0 unspecified atom stereocenters. The standard InChI is InChI=1S/C18H35N3O2.HI/c1-3-19-16(21-15-18(22)10-7-11-18)20-14-17(8-5-6-9-17)12-13-23-4-2;/h22H,3-15H2,1-2H3,(H2,19,20,21);1H. The zero-order chi connectivity index (χ0) is 16.6. The Morgan fingerprint density at radius 3 is 2.33 bits per heavy atom. The van der Waals surface area contributed by atoms with Crippen LogP contribution in [-0.4, -0.2) is 49.5 Å². The molecule has 0 radical (unpaired) electrons. The summed E-state index contributed by atoms with van der Waals surface area (Å²) in [5.41, 5.74) is -0.207. The van der Waals surface area contributed by atoms with E-state index in [1.807, 2.05) is 0 Å². The molecule has 0 amide bonds. The molecule has 2 rings (SSSR count). The van der Waals surface area contributed by atoms with Crippen molar-refractivity contribution >= 4 is 29.9 Å². The quantitative estimate of drug-likeness (QED) is 0.217. The van der Waals surface area contributed by atoms with E-state index in [9.17, 15) is 5.11 Å². The molecule has 2 aliphatic rings. The number of nitrogens with one attached hydrogen (secondary N) is 2. The molecule has 0 aromatic heterocycles. The first-order chi connectivity index (χ1) is 11.1. The summed E-state index contributed by atoms with van der Waals surface area (Å²) in [4.78, 5) is 4.84. The van der Waals surface area contributed by atoms with Crippen LogP contribution >= 0.6 is 24.0 Å². The lowest BCUT2D eigenvalue weighted by molar-refractivity contribution is -0.0279. The van der Waals surface area contributed by atoms with Crippen LogP contribution in [0, 0.1) is 5.41 Å². The van der Waals surface area contributed by atoms with E-state index in [1.54, 1.807) is 0 Å². The van der Waals surface area contributed by atoms with Crippen LogP contribution in [0.3, 0.4) is 0 Å². The summed E-state index contributed by atoms with van der Waals surface area (Å²) >= 11 is 0.